The van der Waals surface area contributed by atoms with Gasteiger partial charge in [-0.25, -0.2) is 4.39 Å². The second kappa shape index (κ2) is 10.1. The third-order valence-electron chi connectivity index (χ3n) is 5.34. The average Bonchev–Trinajstić information content (AvgIpc) is 3.49. The summed E-state index contributed by atoms with van der Waals surface area (Å²) in [5.74, 6) is -0.648. The van der Waals surface area contributed by atoms with Gasteiger partial charge in [0.05, 0.1) is 10.9 Å². The number of ether oxygens (including phenoxy) is 1. The molecule has 32 heavy (non-hydrogen) atoms. The molecule has 0 aliphatic carbocycles. The van der Waals surface area contributed by atoms with Gasteiger partial charge in [0, 0.05) is 18.0 Å². The van der Waals surface area contributed by atoms with Crippen molar-refractivity contribution in [2.24, 2.45) is 0 Å². The van der Waals surface area contributed by atoms with Gasteiger partial charge in [-0.2, -0.15) is 0 Å². The lowest BCUT2D eigenvalue weighted by Crippen LogP contribution is -2.47. The first-order valence-electron chi connectivity index (χ1n) is 10.2. The van der Waals surface area contributed by atoms with E-state index < -0.39 is 5.82 Å². The molecular weight excluding hydrogens is 447 g/mol. The van der Waals surface area contributed by atoms with Crippen LogP contribution in [0.3, 0.4) is 0 Å². The summed E-state index contributed by atoms with van der Waals surface area (Å²) < 4.78 is 19.8. The van der Waals surface area contributed by atoms with Crippen molar-refractivity contribution in [2.45, 2.75) is 12.5 Å². The molecule has 8 heteroatoms. The van der Waals surface area contributed by atoms with E-state index in [2.05, 4.69) is 6.58 Å². The van der Waals surface area contributed by atoms with Crippen molar-refractivity contribution >= 4 is 34.5 Å². The molecule has 0 spiro atoms. The van der Waals surface area contributed by atoms with Gasteiger partial charge in [0.15, 0.2) is 11.6 Å². The number of thiophene rings is 2. The third kappa shape index (κ3) is 4.76. The molecule has 0 saturated heterocycles. The number of benzene rings is 1. The fraction of sp³-hybridized carbons (Fsp3) is 0.250. The zero-order chi connectivity index (χ0) is 22.5. The smallest absolute Gasteiger partial charge is 0.264 e. The average molecular weight is 471 g/mol. The molecule has 5 nitrogen and oxygen atoms in total. The Morgan fingerprint density at radius 2 is 2.03 bits per heavy atom. The summed E-state index contributed by atoms with van der Waals surface area (Å²) in [6.45, 7) is 4.60. The van der Waals surface area contributed by atoms with E-state index in [9.17, 15) is 14.0 Å². The van der Waals surface area contributed by atoms with Gasteiger partial charge >= 0.3 is 0 Å². The van der Waals surface area contributed by atoms with E-state index in [1.165, 1.54) is 27.2 Å². The monoisotopic (exact) mass is 470 g/mol. The van der Waals surface area contributed by atoms with Crippen LogP contribution in [-0.4, -0.2) is 47.9 Å². The molecule has 1 aliphatic rings. The lowest BCUT2D eigenvalue weighted by atomic mass is 10.0. The Bertz CT molecular complexity index is 1100. The lowest BCUT2D eigenvalue weighted by molar-refractivity contribution is -0.135. The van der Waals surface area contributed by atoms with Gasteiger partial charge in [-0.15, -0.1) is 29.3 Å². The summed E-state index contributed by atoms with van der Waals surface area (Å²) in [5, 5.41) is 3.83. The number of hydrogen-bond acceptors (Lipinski definition) is 5. The second-order valence-electron chi connectivity index (χ2n) is 7.35. The molecule has 3 aromatic rings. The number of halogens is 1. The van der Waals surface area contributed by atoms with Crippen LogP contribution in [0.4, 0.5) is 4.39 Å². The molecule has 0 bridgehead atoms. The molecule has 1 aromatic carbocycles. The Morgan fingerprint density at radius 3 is 2.78 bits per heavy atom. The predicted molar refractivity (Wildman–Crippen MR) is 125 cm³/mol. The van der Waals surface area contributed by atoms with Crippen molar-refractivity contribution < 1.29 is 18.7 Å². The minimum absolute atomic E-state index is 0.0571. The van der Waals surface area contributed by atoms with Crippen molar-refractivity contribution in [2.75, 3.05) is 26.2 Å². The lowest BCUT2D eigenvalue weighted by Gasteiger charge is -2.37. The van der Waals surface area contributed by atoms with Gasteiger partial charge in [-0.3, -0.25) is 9.59 Å². The van der Waals surface area contributed by atoms with Crippen LogP contribution in [0.2, 0.25) is 0 Å². The van der Waals surface area contributed by atoms with Gasteiger partial charge in [0.25, 0.3) is 5.91 Å². The molecule has 2 aromatic heterocycles. The minimum atomic E-state index is -0.439. The Balaban J connectivity index is 1.53. The van der Waals surface area contributed by atoms with Crippen molar-refractivity contribution in [3.8, 4) is 5.75 Å². The molecule has 2 amide bonds. The number of rotatable bonds is 8. The number of amides is 2. The summed E-state index contributed by atoms with van der Waals surface area (Å²) >= 11 is 2.99. The van der Waals surface area contributed by atoms with Gasteiger partial charge < -0.3 is 14.5 Å². The van der Waals surface area contributed by atoms with Gasteiger partial charge in [0.1, 0.15) is 13.2 Å². The highest BCUT2D eigenvalue weighted by molar-refractivity contribution is 7.12. The SMILES string of the molecule is C=CCN(CC(=O)N1CCc2sccc2C1COc1ccccc1F)C(=O)c1cccs1. The van der Waals surface area contributed by atoms with Crippen LogP contribution < -0.4 is 4.74 Å². The van der Waals surface area contributed by atoms with Crippen molar-refractivity contribution in [3.63, 3.8) is 0 Å². The van der Waals surface area contributed by atoms with E-state index in [4.69, 9.17) is 4.74 Å². The van der Waals surface area contributed by atoms with Crippen LogP contribution in [0.5, 0.6) is 5.75 Å². The normalized spacial score (nSPS) is 15.2. The fourth-order valence-electron chi connectivity index (χ4n) is 3.79. The quantitative estimate of drug-likeness (QED) is 0.445. The molecule has 4 rings (SSSR count). The van der Waals surface area contributed by atoms with Crippen molar-refractivity contribution in [3.05, 3.63) is 87.0 Å². The van der Waals surface area contributed by atoms with Gasteiger partial charge in [-0.05, 0) is 47.0 Å². The molecular formula is C24H23FN2O3S2. The van der Waals surface area contributed by atoms with Crippen LogP contribution in [0.25, 0.3) is 0 Å². The van der Waals surface area contributed by atoms with Crippen LogP contribution >= 0.6 is 22.7 Å². The fourth-order valence-corrected chi connectivity index (χ4v) is 5.41. The molecule has 0 saturated carbocycles. The molecule has 166 valence electrons. The molecule has 3 heterocycles. The zero-order valence-corrected chi connectivity index (χ0v) is 19.0. The highest BCUT2D eigenvalue weighted by atomic mass is 32.1. The molecule has 1 unspecified atom stereocenters. The predicted octanol–water partition coefficient (Wildman–Crippen LogP) is 4.78. The second-order valence-corrected chi connectivity index (χ2v) is 9.29. The zero-order valence-electron chi connectivity index (χ0n) is 17.4. The highest BCUT2D eigenvalue weighted by Crippen LogP contribution is 2.34. The Morgan fingerprint density at radius 1 is 1.19 bits per heavy atom. The van der Waals surface area contributed by atoms with Crippen molar-refractivity contribution in [1.29, 1.82) is 0 Å². The maximum absolute atomic E-state index is 14.1. The van der Waals surface area contributed by atoms with Crippen LogP contribution in [0.1, 0.15) is 26.2 Å². The number of fused-ring (bicyclic) bond motifs is 1. The van der Waals surface area contributed by atoms with Crippen LogP contribution in [0, 0.1) is 5.82 Å². The van der Waals surface area contributed by atoms with Crippen molar-refractivity contribution in [1.82, 2.24) is 9.80 Å². The summed E-state index contributed by atoms with van der Waals surface area (Å²) in [5.41, 5.74) is 1.02. The summed E-state index contributed by atoms with van der Waals surface area (Å²) in [6.07, 6.45) is 2.36. The van der Waals surface area contributed by atoms with E-state index in [1.807, 2.05) is 22.9 Å². The first-order chi connectivity index (χ1) is 15.6. The van der Waals surface area contributed by atoms with E-state index >= 15 is 0 Å². The summed E-state index contributed by atoms with van der Waals surface area (Å²) in [7, 11) is 0. The van der Waals surface area contributed by atoms with Gasteiger partial charge in [0.2, 0.25) is 5.91 Å². The molecule has 0 radical (unpaired) electrons. The molecule has 1 atom stereocenters. The third-order valence-corrected chi connectivity index (χ3v) is 7.20. The maximum Gasteiger partial charge on any atom is 0.264 e. The topological polar surface area (TPSA) is 49.9 Å². The number of carbonyl (C=O) groups excluding carboxylic acids is 2. The number of hydrogen-bond donors (Lipinski definition) is 0. The van der Waals surface area contributed by atoms with E-state index in [0.717, 1.165) is 12.0 Å². The van der Waals surface area contributed by atoms with Gasteiger partial charge in [-0.1, -0.05) is 24.3 Å². The number of nitrogens with zero attached hydrogens (tertiary/aromatic N) is 2. The molecule has 0 N–H and O–H groups in total. The largest absolute Gasteiger partial charge is 0.488 e. The van der Waals surface area contributed by atoms with E-state index in [1.54, 1.807) is 46.6 Å². The Hall–Kier alpha value is -2.97. The van der Waals surface area contributed by atoms with Crippen LogP contribution in [-0.2, 0) is 11.2 Å². The molecule has 1 aliphatic heterocycles. The standard InChI is InChI=1S/C24H23FN2O3S2/c1-2-11-26(24(29)22-8-5-13-31-22)15-23(28)27-12-9-21-17(10-14-32-21)19(27)16-30-20-7-4-3-6-18(20)25/h2-8,10,13-14,19H,1,9,11-12,15-16H2. The summed E-state index contributed by atoms with van der Waals surface area (Å²) in [4.78, 5) is 31.2. The first kappa shape index (κ1) is 22.2. The first-order valence-corrected chi connectivity index (χ1v) is 12.0. The summed E-state index contributed by atoms with van der Waals surface area (Å²) in [6, 6.07) is 11.4. The maximum atomic E-state index is 14.1. The Kier molecular flexibility index (Phi) is 7.02. The highest BCUT2D eigenvalue weighted by Gasteiger charge is 2.33. The Labute approximate surface area is 194 Å². The van der Waals surface area contributed by atoms with E-state index in [0.29, 0.717) is 11.4 Å². The molecule has 0 fully saturated rings. The van der Waals surface area contributed by atoms with E-state index in [-0.39, 0.29) is 43.3 Å². The number of carbonyl (C=O) groups is 2. The van der Waals surface area contributed by atoms with Crippen LogP contribution in [0.15, 0.2) is 65.9 Å². The number of para-hydroxylation sites is 1. The minimum Gasteiger partial charge on any atom is -0.488 e.